The van der Waals surface area contributed by atoms with E-state index in [2.05, 4.69) is 0 Å². The average Bonchev–Trinajstić information content (AvgIpc) is 3.09. The monoisotopic (exact) mass is 616 g/mol. The molecular formula is C37H44O8. The van der Waals surface area contributed by atoms with Crippen LogP contribution in [0.5, 0.6) is 0 Å². The zero-order valence-corrected chi connectivity index (χ0v) is 25.7. The van der Waals surface area contributed by atoms with Crippen molar-refractivity contribution in [1.29, 1.82) is 0 Å². The molecule has 0 aliphatic heterocycles. The van der Waals surface area contributed by atoms with Crippen LogP contribution in [0.2, 0.25) is 0 Å². The summed E-state index contributed by atoms with van der Waals surface area (Å²) in [4.78, 5) is 0. The molecule has 4 aromatic carbocycles. The Balaban J connectivity index is 1.62. The van der Waals surface area contributed by atoms with Crippen LogP contribution >= 0.6 is 0 Å². The van der Waals surface area contributed by atoms with E-state index in [0.717, 1.165) is 22.3 Å². The summed E-state index contributed by atoms with van der Waals surface area (Å²) in [6.07, 6.45) is -5.06. The lowest BCUT2D eigenvalue weighted by molar-refractivity contribution is -0.213. The molecule has 0 heterocycles. The van der Waals surface area contributed by atoms with Crippen LogP contribution in [0.3, 0.4) is 0 Å². The summed E-state index contributed by atoms with van der Waals surface area (Å²) in [6, 6.07) is 38.8. The standard InChI is InChI=1S/C37H44O8/c1-40-28-42-27-34(39)36(44-24-31-18-10-4-11-19-31)37(45-25-32-20-12-5-13-21-32)35(43-23-30-16-8-3-9-17-30)33(38)26-41-22-29-14-6-2-7-15-29/h2-21,33-39H,22-28H2,1H3/t33-,34+,35-,36+,37-/m1/s1. The van der Waals surface area contributed by atoms with Gasteiger partial charge in [0, 0.05) is 7.11 Å². The van der Waals surface area contributed by atoms with Crippen molar-refractivity contribution in [3.8, 4) is 0 Å². The molecule has 0 unspecified atom stereocenters. The maximum Gasteiger partial charge on any atom is 0.146 e. The van der Waals surface area contributed by atoms with Gasteiger partial charge in [0.15, 0.2) is 0 Å². The zero-order chi connectivity index (χ0) is 31.5. The van der Waals surface area contributed by atoms with E-state index in [4.69, 9.17) is 28.4 Å². The number of ether oxygens (including phenoxy) is 6. The average molecular weight is 617 g/mol. The zero-order valence-electron chi connectivity index (χ0n) is 25.7. The highest BCUT2D eigenvalue weighted by molar-refractivity contribution is 5.16. The smallest absolute Gasteiger partial charge is 0.146 e. The molecule has 0 bridgehead atoms. The lowest BCUT2D eigenvalue weighted by Crippen LogP contribution is -2.54. The Labute approximate surface area is 266 Å². The van der Waals surface area contributed by atoms with Crippen LogP contribution in [-0.4, -0.2) is 67.8 Å². The van der Waals surface area contributed by atoms with Gasteiger partial charge in [-0.3, -0.25) is 0 Å². The van der Waals surface area contributed by atoms with Gasteiger partial charge >= 0.3 is 0 Å². The minimum absolute atomic E-state index is 0.00188. The van der Waals surface area contributed by atoms with Crippen LogP contribution in [-0.2, 0) is 54.8 Å². The summed E-state index contributed by atoms with van der Waals surface area (Å²) in [6.45, 7) is 0.817. The molecule has 0 aromatic heterocycles. The van der Waals surface area contributed by atoms with Gasteiger partial charge in [0.1, 0.15) is 37.3 Å². The summed E-state index contributed by atoms with van der Waals surface area (Å²) in [5.74, 6) is 0. The Bertz CT molecular complexity index is 1290. The molecule has 45 heavy (non-hydrogen) atoms. The highest BCUT2D eigenvalue weighted by Crippen LogP contribution is 2.24. The van der Waals surface area contributed by atoms with Crippen molar-refractivity contribution >= 4 is 0 Å². The van der Waals surface area contributed by atoms with Gasteiger partial charge in [-0.2, -0.15) is 0 Å². The molecule has 4 aromatic rings. The van der Waals surface area contributed by atoms with E-state index in [1.165, 1.54) is 7.11 Å². The van der Waals surface area contributed by atoms with Crippen LogP contribution < -0.4 is 0 Å². The van der Waals surface area contributed by atoms with Crippen LogP contribution in [0, 0.1) is 0 Å². The first kappa shape index (κ1) is 34.4. The molecule has 0 saturated carbocycles. The second-order valence-electron chi connectivity index (χ2n) is 10.7. The van der Waals surface area contributed by atoms with Gasteiger partial charge in [-0.25, -0.2) is 0 Å². The quantitative estimate of drug-likeness (QED) is 0.0962. The Morgan fingerprint density at radius 3 is 1.16 bits per heavy atom. The Morgan fingerprint density at radius 2 is 0.778 bits per heavy atom. The predicted octanol–water partition coefficient (Wildman–Crippen LogP) is 5.30. The largest absolute Gasteiger partial charge is 0.388 e. The van der Waals surface area contributed by atoms with E-state index in [1.807, 2.05) is 121 Å². The van der Waals surface area contributed by atoms with E-state index in [9.17, 15) is 10.2 Å². The third kappa shape index (κ3) is 12.1. The molecule has 0 amide bonds. The van der Waals surface area contributed by atoms with Crippen molar-refractivity contribution < 1.29 is 38.6 Å². The van der Waals surface area contributed by atoms with Crippen molar-refractivity contribution in [1.82, 2.24) is 0 Å². The van der Waals surface area contributed by atoms with Crippen molar-refractivity contribution in [2.45, 2.75) is 56.9 Å². The maximum absolute atomic E-state index is 11.6. The fourth-order valence-corrected chi connectivity index (χ4v) is 4.84. The number of hydrogen-bond donors (Lipinski definition) is 2. The number of hydrogen-bond acceptors (Lipinski definition) is 8. The molecular weight excluding hydrogens is 572 g/mol. The topological polar surface area (TPSA) is 95.8 Å². The lowest BCUT2D eigenvalue weighted by Gasteiger charge is -2.38. The van der Waals surface area contributed by atoms with Gasteiger partial charge in [-0.05, 0) is 22.3 Å². The minimum Gasteiger partial charge on any atom is -0.388 e. The molecule has 0 aliphatic carbocycles. The normalized spacial score (nSPS) is 14.8. The van der Waals surface area contributed by atoms with E-state index >= 15 is 0 Å². The van der Waals surface area contributed by atoms with Gasteiger partial charge in [0.25, 0.3) is 0 Å². The van der Waals surface area contributed by atoms with Crippen molar-refractivity contribution in [3.63, 3.8) is 0 Å². The second-order valence-corrected chi connectivity index (χ2v) is 10.7. The molecule has 8 heteroatoms. The van der Waals surface area contributed by atoms with Crippen molar-refractivity contribution in [3.05, 3.63) is 144 Å². The number of benzene rings is 4. The molecule has 0 spiro atoms. The van der Waals surface area contributed by atoms with Crippen LogP contribution in [0.4, 0.5) is 0 Å². The Hall–Kier alpha value is -3.44. The van der Waals surface area contributed by atoms with Crippen LogP contribution in [0.1, 0.15) is 22.3 Å². The first-order chi connectivity index (χ1) is 22.1. The third-order valence-electron chi connectivity index (χ3n) is 7.15. The fraction of sp³-hybridized carbons (Fsp3) is 0.351. The molecule has 2 N–H and O–H groups in total. The molecule has 0 aliphatic rings. The summed E-state index contributed by atoms with van der Waals surface area (Å²) >= 11 is 0. The molecule has 5 atom stereocenters. The maximum atomic E-state index is 11.6. The molecule has 4 rings (SSSR count). The van der Waals surface area contributed by atoms with Gasteiger partial charge in [-0.1, -0.05) is 121 Å². The van der Waals surface area contributed by atoms with Crippen LogP contribution in [0.25, 0.3) is 0 Å². The number of aliphatic hydroxyl groups is 2. The lowest BCUT2D eigenvalue weighted by atomic mass is 9.98. The summed E-state index contributed by atoms with van der Waals surface area (Å²) in [7, 11) is 1.51. The summed E-state index contributed by atoms with van der Waals surface area (Å²) < 4.78 is 35.9. The van der Waals surface area contributed by atoms with Crippen molar-refractivity contribution in [2.75, 3.05) is 27.1 Å². The van der Waals surface area contributed by atoms with E-state index in [0.29, 0.717) is 6.61 Å². The minimum atomic E-state index is -1.13. The Kier molecular flexibility index (Phi) is 15.2. The Morgan fingerprint density at radius 1 is 0.444 bits per heavy atom. The first-order valence-electron chi connectivity index (χ1n) is 15.1. The fourth-order valence-electron chi connectivity index (χ4n) is 4.84. The van der Waals surface area contributed by atoms with Gasteiger partial charge in [0.05, 0.1) is 39.6 Å². The van der Waals surface area contributed by atoms with E-state index < -0.39 is 30.5 Å². The van der Waals surface area contributed by atoms with Crippen LogP contribution in [0.15, 0.2) is 121 Å². The summed E-state index contributed by atoms with van der Waals surface area (Å²) in [5.41, 5.74) is 3.75. The SMILES string of the molecule is COCOC[C@H](O)[C@H](OCc1ccccc1)[C@H](OCc1ccccc1)[C@H](OCc1ccccc1)[C@H](O)COCc1ccccc1. The van der Waals surface area contributed by atoms with E-state index in [1.54, 1.807) is 0 Å². The first-order valence-corrected chi connectivity index (χ1v) is 15.1. The molecule has 0 saturated heterocycles. The highest BCUT2D eigenvalue weighted by atomic mass is 16.7. The molecule has 0 fully saturated rings. The predicted molar refractivity (Wildman–Crippen MR) is 171 cm³/mol. The second kappa shape index (κ2) is 19.8. The summed E-state index contributed by atoms with van der Waals surface area (Å²) in [5, 5.41) is 23.1. The van der Waals surface area contributed by atoms with E-state index in [-0.39, 0.29) is 39.8 Å². The number of methoxy groups -OCH3 is 1. The van der Waals surface area contributed by atoms with Crippen molar-refractivity contribution in [2.24, 2.45) is 0 Å². The van der Waals surface area contributed by atoms with Gasteiger partial charge < -0.3 is 38.6 Å². The molecule has 8 nitrogen and oxygen atoms in total. The number of rotatable bonds is 21. The third-order valence-corrected chi connectivity index (χ3v) is 7.15. The van der Waals surface area contributed by atoms with Gasteiger partial charge in [0.2, 0.25) is 0 Å². The molecule has 0 radical (unpaired) electrons. The van der Waals surface area contributed by atoms with Gasteiger partial charge in [-0.15, -0.1) is 0 Å². The highest BCUT2D eigenvalue weighted by Gasteiger charge is 2.41. The number of aliphatic hydroxyl groups excluding tert-OH is 2. The molecule has 240 valence electrons.